The molecule has 2 rings (SSSR count). The average Bonchev–Trinajstić information content (AvgIpc) is 2.92. The Morgan fingerprint density at radius 3 is 2.68 bits per heavy atom. The van der Waals surface area contributed by atoms with Crippen LogP contribution >= 0.6 is 0 Å². The van der Waals surface area contributed by atoms with Crippen LogP contribution in [0.3, 0.4) is 0 Å². The van der Waals surface area contributed by atoms with Gasteiger partial charge < -0.3 is 10.1 Å². The summed E-state index contributed by atoms with van der Waals surface area (Å²) in [6, 6.07) is 12.0. The third-order valence-electron chi connectivity index (χ3n) is 4.20. The summed E-state index contributed by atoms with van der Waals surface area (Å²) >= 11 is 0. The molecule has 1 aromatic carbocycles. The molecule has 0 spiro atoms. The van der Waals surface area contributed by atoms with Crippen LogP contribution in [0, 0.1) is 0 Å². The lowest BCUT2D eigenvalue weighted by Gasteiger charge is -2.23. The van der Waals surface area contributed by atoms with Gasteiger partial charge in [-0.25, -0.2) is 0 Å². The number of benzene rings is 1. The van der Waals surface area contributed by atoms with Gasteiger partial charge in [-0.2, -0.15) is 0 Å². The fourth-order valence-electron chi connectivity index (χ4n) is 3.03. The Morgan fingerprint density at radius 1 is 1.26 bits per heavy atom. The highest BCUT2D eigenvalue weighted by molar-refractivity contribution is 5.19. The summed E-state index contributed by atoms with van der Waals surface area (Å²) in [4.78, 5) is 0. The topological polar surface area (TPSA) is 21.3 Å². The Kier molecular flexibility index (Phi) is 5.87. The lowest BCUT2D eigenvalue weighted by molar-refractivity contribution is 0.106. The summed E-state index contributed by atoms with van der Waals surface area (Å²) in [5, 5.41) is 3.85. The molecule has 2 heteroatoms. The molecule has 1 aliphatic rings. The largest absolute Gasteiger partial charge is 0.381 e. The van der Waals surface area contributed by atoms with Gasteiger partial charge in [0.25, 0.3) is 0 Å². The van der Waals surface area contributed by atoms with Crippen molar-refractivity contribution >= 4 is 0 Å². The minimum Gasteiger partial charge on any atom is -0.381 e. The van der Waals surface area contributed by atoms with E-state index in [9.17, 15) is 0 Å². The molecule has 1 fully saturated rings. The lowest BCUT2D eigenvalue weighted by atomic mass is 10.00. The van der Waals surface area contributed by atoms with Crippen LogP contribution < -0.4 is 5.32 Å². The van der Waals surface area contributed by atoms with Gasteiger partial charge in [0.15, 0.2) is 0 Å². The van der Waals surface area contributed by atoms with E-state index >= 15 is 0 Å². The molecule has 0 saturated heterocycles. The van der Waals surface area contributed by atoms with E-state index in [1.807, 2.05) is 7.11 Å². The molecule has 19 heavy (non-hydrogen) atoms. The van der Waals surface area contributed by atoms with Crippen LogP contribution in [0.2, 0.25) is 0 Å². The highest BCUT2D eigenvalue weighted by Crippen LogP contribution is 2.26. The fourth-order valence-corrected chi connectivity index (χ4v) is 3.03. The van der Waals surface area contributed by atoms with Gasteiger partial charge >= 0.3 is 0 Å². The number of hydrogen-bond donors (Lipinski definition) is 1. The van der Waals surface area contributed by atoms with Crippen molar-refractivity contribution in [1.29, 1.82) is 0 Å². The zero-order chi connectivity index (χ0) is 13.5. The van der Waals surface area contributed by atoms with E-state index in [0.29, 0.717) is 18.2 Å². The molecule has 3 atom stereocenters. The van der Waals surface area contributed by atoms with Crippen LogP contribution in [0.5, 0.6) is 0 Å². The molecule has 0 amide bonds. The minimum absolute atomic E-state index is 0.458. The summed E-state index contributed by atoms with van der Waals surface area (Å²) < 4.78 is 5.47. The quantitative estimate of drug-likeness (QED) is 0.798. The first-order chi connectivity index (χ1) is 9.33. The zero-order valence-electron chi connectivity index (χ0n) is 12.3. The molecule has 0 heterocycles. The second kappa shape index (κ2) is 7.66. The van der Waals surface area contributed by atoms with Crippen molar-refractivity contribution in [2.24, 2.45) is 0 Å². The summed E-state index contributed by atoms with van der Waals surface area (Å²) in [6.07, 6.45) is 7.83. The van der Waals surface area contributed by atoms with Gasteiger partial charge in [-0.15, -0.1) is 0 Å². The Hall–Kier alpha value is -0.860. The molecule has 106 valence electrons. The van der Waals surface area contributed by atoms with Crippen molar-refractivity contribution in [3.05, 3.63) is 35.9 Å². The van der Waals surface area contributed by atoms with Crippen LogP contribution in [0.15, 0.2) is 30.3 Å². The SMILES string of the molecule is CCCCC(NC1CCC(OC)C1)c1ccccc1. The summed E-state index contributed by atoms with van der Waals surface area (Å²) in [7, 11) is 1.83. The Labute approximate surface area is 117 Å². The predicted octanol–water partition coefficient (Wildman–Crippen LogP) is 4.08. The second-order valence-corrected chi connectivity index (χ2v) is 5.64. The first-order valence-corrected chi connectivity index (χ1v) is 7.67. The van der Waals surface area contributed by atoms with Gasteiger partial charge in [0.05, 0.1) is 6.10 Å². The summed E-state index contributed by atoms with van der Waals surface area (Å²) in [6.45, 7) is 2.26. The molecule has 1 aromatic rings. The van der Waals surface area contributed by atoms with Gasteiger partial charge in [-0.05, 0) is 31.2 Å². The molecule has 1 N–H and O–H groups in total. The first-order valence-electron chi connectivity index (χ1n) is 7.67. The molecular formula is C17H27NO. The van der Waals surface area contributed by atoms with Crippen molar-refractivity contribution in [1.82, 2.24) is 5.32 Å². The molecular weight excluding hydrogens is 234 g/mol. The van der Waals surface area contributed by atoms with Crippen molar-refractivity contribution in [3.8, 4) is 0 Å². The third-order valence-corrected chi connectivity index (χ3v) is 4.20. The van der Waals surface area contributed by atoms with Gasteiger partial charge in [-0.3, -0.25) is 0 Å². The lowest BCUT2D eigenvalue weighted by Crippen LogP contribution is -2.31. The molecule has 0 bridgehead atoms. The number of unbranched alkanes of at least 4 members (excludes halogenated alkanes) is 1. The average molecular weight is 261 g/mol. The smallest absolute Gasteiger partial charge is 0.0586 e. The standard InChI is InChI=1S/C17H27NO/c1-3-4-10-17(14-8-6-5-7-9-14)18-15-11-12-16(13-15)19-2/h5-9,15-18H,3-4,10-13H2,1-2H3. The summed E-state index contributed by atoms with van der Waals surface area (Å²) in [5.74, 6) is 0. The number of methoxy groups -OCH3 is 1. The maximum atomic E-state index is 5.47. The van der Waals surface area contributed by atoms with Gasteiger partial charge in [0.1, 0.15) is 0 Å². The third kappa shape index (κ3) is 4.32. The molecule has 1 aliphatic carbocycles. The van der Waals surface area contributed by atoms with E-state index in [0.717, 1.165) is 6.42 Å². The molecule has 2 nitrogen and oxygen atoms in total. The highest BCUT2D eigenvalue weighted by Gasteiger charge is 2.26. The molecule has 1 saturated carbocycles. The number of nitrogens with one attached hydrogen (secondary N) is 1. The molecule has 3 unspecified atom stereocenters. The van der Waals surface area contributed by atoms with Crippen molar-refractivity contribution < 1.29 is 4.74 Å². The number of hydrogen-bond acceptors (Lipinski definition) is 2. The van der Waals surface area contributed by atoms with E-state index in [1.165, 1.54) is 37.7 Å². The molecule has 0 radical (unpaired) electrons. The zero-order valence-corrected chi connectivity index (χ0v) is 12.3. The molecule has 0 aliphatic heterocycles. The monoisotopic (exact) mass is 261 g/mol. The second-order valence-electron chi connectivity index (χ2n) is 5.64. The van der Waals surface area contributed by atoms with E-state index in [4.69, 9.17) is 4.74 Å². The van der Waals surface area contributed by atoms with Gasteiger partial charge in [0.2, 0.25) is 0 Å². The Balaban J connectivity index is 1.94. The van der Waals surface area contributed by atoms with Crippen LogP contribution in [0.25, 0.3) is 0 Å². The van der Waals surface area contributed by atoms with Crippen molar-refractivity contribution in [2.45, 2.75) is 63.6 Å². The Bertz CT molecular complexity index is 352. The van der Waals surface area contributed by atoms with Crippen LogP contribution in [0.1, 0.15) is 57.1 Å². The first kappa shape index (κ1) is 14.5. The Morgan fingerprint density at radius 2 is 2.05 bits per heavy atom. The van der Waals surface area contributed by atoms with E-state index < -0.39 is 0 Å². The van der Waals surface area contributed by atoms with Crippen LogP contribution in [-0.2, 0) is 4.74 Å². The fraction of sp³-hybridized carbons (Fsp3) is 0.647. The molecule has 0 aromatic heterocycles. The van der Waals surface area contributed by atoms with Crippen LogP contribution in [0.4, 0.5) is 0 Å². The van der Waals surface area contributed by atoms with E-state index in [-0.39, 0.29) is 0 Å². The van der Waals surface area contributed by atoms with Crippen molar-refractivity contribution in [3.63, 3.8) is 0 Å². The highest BCUT2D eigenvalue weighted by atomic mass is 16.5. The number of ether oxygens (including phenoxy) is 1. The van der Waals surface area contributed by atoms with Crippen molar-refractivity contribution in [2.75, 3.05) is 7.11 Å². The van der Waals surface area contributed by atoms with Gasteiger partial charge in [-0.1, -0.05) is 50.1 Å². The van der Waals surface area contributed by atoms with E-state index in [2.05, 4.69) is 42.6 Å². The van der Waals surface area contributed by atoms with E-state index in [1.54, 1.807) is 0 Å². The normalized spacial score (nSPS) is 24.5. The maximum Gasteiger partial charge on any atom is 0.0586 e. The van der Waals surface area contributed by atoms with Crippen LogP contribution in [-0.4, -0.2) is 19.3 Å². The minimum atomic E-state index is 0.458. The maximum absolute atomic E-state index is 5.47. The summed E-state index contributed by atoms with van der Waals surface area (Å²) in [5.41, 5.74) is 1.43. The predicted molar refractivity (Wildman–Crippen MR) is 80.3 cm³/mol. The number of rotatable bonds is 7. The van der Waals surface area contributed by atoms with Gasteiger partial charge in [0, 0.05) is 19.2 Å².